The number of carbonyl (C=O) groups excluding carboxylic acids is 4. The van der Waals surface area contributed by atoms with Crippen LogP contribution in [0.3, 0.4) is 0 Å². The predicted molar refractivity (Wildman–Crippen MR) is 140 cm³/mol. The van der Waals surface area contributed by atoms with Crippen LogP contribution in [0.5, 0.6) is 17.2 Å². The molecule has 0 spiro atoms. The van der Waals surface area contributed by atoms with E-state index in [-0.39, 0.29) is 40.7 Å². The van der Waals surface area contributed by atoms with Crippen LogP contribution in [0.25, 0.3) is 10.8 Å². The number of fused-ring (bicyclic) bond motifs is 4. The number of aromatic hydroxyl groups is 1. The molecule has 2 N–H and O–H groups in total. The Labute approximate surface area is 223 Å². The highest BCUT2D eigenvalue weighted by Crippen LogP contribution is 2.56. The first-order valence-corrected chi connectivity index (χ1v) is 12.3. The standard InChI is InChI=1S/C29H24ClNO7/c1-13-8-9-16-15(6-5-7-18(16)30)17(13)12-31-28(36)24-21(37-4)10-20(34)25-26(24)38-22-11-19(33)23(14(2)32)27(35)29(22,25)3/h5-11,23,34H,12H2,1-4H3,(H,31,36)/t23?,29-/m1/s1. The van der Waals surface area contributed by atoms with Crippen LogP contribution in [-0.4, -0.2) is 35.5 Å². The van der Waals surface area contributed by atoms with E-state index >= 15 is 0 Å². The van der Waals surface area contributed by atoms with Crippen LogP contribution in [0.2, 0.25) is 5.02 Å². The molecule has 1 aliphatic heterocycles. The minimum Gasteiger partial charge on any atom is -0.507 e. The Morgan fingerprint density at radius 2 is 1.92 bits per heavy atom. The maximum absolute atomic E-state index is 13.6. The van der Waals surface area contributed by atoms with Gasteiger partial charge in [0.1, 0.15) is 39.9 Å². The molecule has 1 unspecified atom stereocenters. The van der Waals surface area contributed by atoms with E-state index in [2.05, 4.69) is 5.32 Å². The lowest BCUT2D eigenvalue weighted by Gasteiger charge is -2.30. The molecule has 5 rings (SSSR count). The molecule has 0 aromatic heterocycles. The van der Waals surface area contributed by atoms with Crippen molar-refractivity contribution in [1.82, 2.24) is 5.32 Å². The number of carbonyl (C=O) groups is 4. The van der Waals surface area contributed by atoms with E-state index in [1.807, 2.05) is 31.2 Å². The molecule has 8 nitrogen and oxygen atoms in total. The zero-order valence-corrected chi connectivity index (χ0v) is 21.9. The number of allylic oxidation sites excluding steroid dienone is 2. The Morgan fingerprint density at radius 1 is 1.18 bits per heavy atom. The summed E-state index contributed by atoms with van der Waals surface area (Å²) >= 11 is 6.36. The number of hydrogen-bond donors (Lipinski definition) is 2. The van der Waals surface area contributed by atoms with E-state index in [0.717, 1.165) is 34.9 Å². The molecule has 0 fully saturated rings. The molecule has 3 aromatic rings. The number of hydrogen-bond acceptors (Lipinski definition) is 7. The van der Waals surface area contributed by atoms with Gasteiger partial charge >= 0.3 is 0 Å². The Bertz CT molecular complexity index is 1620. The smallest absolute Gasteiger partial charge is 0.259 e. The van der Waals surface area contributed by atoms with Crippen LogP contribution in [0, 0.1) is 12.8 Å². The van der Waals surface area contributed by atoms with Crippen LogP contribution in [-0.2, 0) is 26.3 Å². The maximum atomic E-state index is 13.6. The van der Waals surface area contributed by atoms with E-state index < -0.39 is 34.6 Å². The number of benzene rings is 3. The number of ketones is 3. The Morgan fingerprint density at radius 3 is 2.61 bits per heavy atom. The number of ether oxygens (including phenoxy) is 2. The highest BCUT2D eigenvalue weighted by Gasteiger charge is 2.58. The minimum absolute atomic E-state index is 0.00609. The molecule has 3 aromatic carbocycles. The van der Waals surface area contributed by atoms with Crippen LogP contribution >= 0.6 is 11.6 Å². The summed E-state index contributed by atoms with van der Waals surface area (Å²) in [5.74, 6) is -4.63. The molecule has 0 bridgehead atoms. The summed E-state index contributed by atoms with van der Waals surface area (Å²) in [6.45, 7) is 4.70. The molecular formula is C29H24ClNO7. The van der Waals surface area contributed by atoms with Gasteiger partial charge < -0.3 is 19.9 Å². The molecule has 0 saturated heterocycles. The van der Waals surface area contributed by atoms with Gasteiger partial charge in [0.05, 0.1) is 12.7 Å². The molecule has 9 heteroatoms. The van der Waals surface area contributed by atoms with Gasteiger partial charge in [-0.3, -0.25) is 19.2 Å². The van der Waals surface area contributed by atoms with Gasteiger partial charge in [0, 0.05) is 29.1 Å². The molecule has 38 heavy (non-hydrogen) atoms. The molecule has 1 heterocycles. The summed E-state index contributed by atoms with van der Waals surface area (Å²) in [7, 11) is 1.33. The van der Waals surface area contributed by atoms with Crippen LogP contribution < -0.4 is 14.8 Å². The van der Waals surface area contributed by atoms with Crippen molar-refractivity contribution < 1.29 is 33.8 Å². The van der Waals surface area contributed by atoms with Crippen molar-refractivity contribution in [3.8, 4) is 17.2 Å². The van der Waals surface area contributed by atoms with Gasteiger partial charge in [-0.15, -0.1) is 0 Å². The number of phenols is 1. The molecule has 2 aliphatic rings. The number of nitrogens with one attached hydrogen (secondary N) is 1. The molecule has 0 radical (unpaired) electrons. The summed E-state index contributed by atoms with van der Waals surface area (Å²) in [5.41, 5.74) is 0.136. The van der Waals surface area contributed by atoms with E-state index in [0.29, 0.717) is 5.02 Å². The van der Waals surface area contributed by atoms with Crippen molar-refractivity contribution >= 4 is 45.6 Å². The Hall–Kier alpha value is -4.17. The quantitative estimate of drug-likeness (QED) is 0.468. The average Bonchev–Trinajstić information content (AvgIpc) is 3.16. The second-order valence-corrected chi connectivity index (χ2v) is 10.0. The summed E-state index contributed by atoms with van der Waals surface area (Å²) in [4.78, 5) is 51.7. The van der Waals surface area contributed by atoms with Gasteiger partial charge in [0.25, 0.3) is 5.91 Å². The van der Waals surface area contributed by atoms with Gasteiger partial charge in [-0.05, 0) is 43.4 Å². The van der Waals surface area contributed by atoms with Gasteiger partial charge in [0.15, 0.2) is 17.3 Å². The molecule has 2 atom stereocenters. The fourth-order valence-corrected chi connectivity index (χ4v) is 5.57. The zero-order chi connectivity index (χ0) is 27.5. The number of phenolic OH excluding ortho intramolecular Hbond substituents is 1. The van der Waals surface area contributed by atoms with Gasteiger partial charge in [0.2, 0.25) is 0 Å². The second-order valence-electron chi connectivity index (χ2n) is 9.60. The fraction of sp³-hybridized carbons (Fsp3) is 0.241. The molecule has 194 valence electrons. The zero-order valence-electron chi connectivity index (χ0n) is 21.1. The number of halogens is 1. The molecule has 1 aliphatic carbocycles. The number of amides is 1. The minimum atomic E-state index is -1.63. The third kappa shape index (κ3) is 3.59. The third-order valence-electron chi connectivity index (χ3n) is 7.38. The number of rotatable bonds is 5. The lowest BCUT2D eigenvalue weighted by Crippen LogP contribution is -2.47. The summed E-state index contributed by atoms with van der Waals surface area (Å²) in [5, 5.41) is 16.1. The monoisotopic (exact) mass is 533 g/mol. The topological polar surface area (TPSA) is 119 Å². The molecule has 1 amide bonds. The highest BCUT2D eigenvalue weighted by atomic mass is 35.5. The van der Waals surface area contributed by atoms with E-state index in [1.165, 1.54) is 20.1 Å². The second kappa shape index (κ2) is 8.99. The van der Waals surface area contributed by atoms with E-state index in [9.17, 15) is 24.3 Å². The first-order chi connectivity index (χ1) is 18.0. The van der Waals surface area contributed by atoms with E-state index in [1.54, 1.807) is 6.07 Å². The highest BCUT2D eigenvalue weighted by molar-refractivity contribution is 6.35. The molecular weight excluding hydrogens is 510 g/mol. The van der Waals surface area contributed by atoms with Gasteiger partial charge in [-0.1, -0.05) is 35.9 Å². The third-order valence-corrected chi connectivity index (χ3v) is 7.71. The van der Waals surface area contributed by atoms with Crippen LogP contribution in [0.4, 0.5) is 0 Å². The van der Waals surface area contributed by atoms with Crippen molar-refractivity contribution in [3.05, 3.63) is 75.5 Å². The Balaban J connectivity index is 1.59. The van der Waals surface area contributed by atoms with Crippen LogP contribution in [0.1, 0.15) is 40.9 Å². The van der Waals surface area contributed by atoms with E-state index in [4.69, 9.17) is 21.1 Å². The lowest BCUT2D eigenvalue weighted by atomic mass is 9.67. The fourth-order valence-electron chi connectivity index (χ4n) is 5.33. The van der Waals surface area contributed by atoms with Gasteiger partial charge in [-0.25, -0.2) is 0 Å². The predicted octanol–water partition coefficient (Wildman–Crippen LogP) is 4.34. The number of aryl methyl sites for hydroxylation is 1. The normalized spacial score (nSPS) is 19.9. The first kappa shape index (κ1) is 25.5. The van der Waals surface area contributed by atoms with Crippen molar-refractivity contribution in [1.29, 1.82) is 0 Å². The first-order valence-electron chi connectivity index (χ1n) is 11.9. The molecule has 0 saturated carbocycles. The summed E-state index contributed by atoms with van der Waals surface area (Å²) < 4.78 is 11.3. The van der Waals surface area contributed by atoms with Crippen molar-refractivity contribution in [3.63, 3.8) is 0 Å². The number of Topliss-reactive ketones (excluding diaryl/α,β-unsaturated/α-hetero) is 2. The lowest BCUT2D eigenvalue weighted by molar-refractivity contribution is -0.140. The van der Waals surface area contributed by atoms with Crippen molar-refractivity contribution in [2.45, 2.75) is 32.7 Å². The van der Waals surface area contributed by atoms with Crippen LogP contribution in [0.15, 0.2) is 48.2 Å². The summed E-state index contributed by atoms with van der Waals surface area (Å²) in [6.07, 6.45) is 1.09. The Kier molecular flexibility index (Phi) is 6.03. The summed E-state index contributed by atoms with van der Waals surface area (Å²) in [6, 6.07) is 10.6. The van der Waals surface area contributed by atoms with Crippen molar-refractivity contribution in [2.75, 3.05) is 7.11 Å². The average molecular weight is 534 g/mol. The number of methoxy groups -OCH3 is 1. The van der Waals surface area contributed by atoms with Gasteiger partial charge in [-0.2, -0.15) is 0 Å². The SMILES string of the molecule is COc1cc(O)c2c(c1C(=O)NCc1c(C)ccc3c(Cl)cccc13)OC1=CC(=O)C(C(C)=O)C(=O)[C@]12C. The maximum Gasteiger partial charge on any atom is 0.259 e. The largest absolute Gasteiger partial charge is 0.507 e. The van der Waals surface area contributed by atoms with Crippen molar-refractivity contribution in [2.24, 2.45) is 5.92 Å².